The van der Waals surface area contributed by atoms with Gasteiger partial charge in [0.05, 0.1) is 10.6 Å². The molecular formula is C19H21ClN2O5S. The van der Waals surface area contributed by atoms with E-state index in [9.17, 15) is 13.2 Å². The number of halogens is 1. The van der Waals surface area contributed by atoms with Crippen molar-refractivity contribution in [1.29, 1.82) is 0 Å². The molecule has 1 heterocycles. The zero-order valence-corrected chi connectivity index (χ0v) is 16.5. The van der Waals surface area contributed by atoms with E-state index < -0.39 is 27.6 Å². The summed E-state index contributed by atoms with van der Waals surface area (Å²) in [5, 5.41) is 12.5. The second-order valence-electron chi connectivity index (χ2n) is 6.65. The summed E-state index contributed by atoms with van der Waals surface area (Å²) in [5.74, 6) is -0.675. The molecular weight excluding hydrogens is 404 g/mol. The van der Waals surface area contributed by atoms with Crippen LogP contribution in [-0.4, -0.2) is 38.4 Å². The lowest BCUT2D eigenvalue weighted by atomic mass is 9.87. The average molecular weight is 425 g/mol. The molecule has 1 aliphatic rings. The van der Waals surface area contributed by atoms with Crippen LogP contribution >= 0.6 is 11.6 Å². The van der Waals surface area contributed by atoms with Gasteiger partial charge in [-0.25, -0.2) is 13.9 Å². The number of ether oxygens (including phenoxy) is 1. The van der Waals surface area contributed by atoms with Crippen LogP contribution in [0.15, 0.2) is 53.4 Å². The van der Waals surface area contributed by atoms with Crippen LogP contribution in [0.2, 0.25) is 5.02 Å². The predicted molar refractivity (Wildman–Crippen MR) is 104 cm³/mol. The lowest BCUT2D eigenvalue weighted by Gasteiger charge is -2.30. The molecule has 0 saturated carbocycles. The van der Waals surface area contributed by atoms with Crippen LogP contribution in [0.3, 0.4) is 0 Å². The maximum atomic E-state index is 12.8. The standard InChI is InChI=1S/C19H21ClN2O5S/c20-14-2-1-3-16(10-14)27-15-4-6-17(7-5-15)28(25,26)12-13-11-21-9-8-18(13)19(23)22-24/h1-7,10,13,18,21,24H,8-9,11-12H2,(H,22,23)/t13-,18-/m0/s1. The first kappa shape index (κ1) is 20.6. The van der Waals surface area contributed by atoms with E-state index >= 15 is 0 Å². The molecule has 28 heavy (non-hydrogen) atoms. The van der Waals surface area contributed by atoms with Crippen molar-refractivity contribution in [2.24, 2.45) is 11.8 Å². The van der Waals surface area contributed by atoms with Gasteiger partial charge in [0.25, 0.3) is 0 Å². The molecule has 3 N–H and O–H groups in total. The zero-order chi connectivity index (χ0) is 20.1. The fourth-order valence-electron chi connectivity index (χ4n) is 3.29. The highest BCUT2D eigenvalue weighted by Gasteiger charge is 2.34. The molecule has 0 bridgehead atoms. The maximum absolute atomic E-state index is 12.8. The zero-order valence-electron chi connectivity index (χ0n) is 15.0. The van der Waals surface area contributed by atoms with E-state index in [1.807, 2.05) is 0 Å². The fraction of sp³-hybridized carbons (Fsp3) is 0.316. The van der Waals surface area contributed by atoms with Crippen molar-refractivity contribution in [2.45, 2.75) is 11.3 Å². The van der Waals surface area contributed by atoms with Crippen LogP contribution in [0, 0.1) is 11.8 Å². The molecule has 9 heteroatoms. The largest absolute Gasteiger partial charge is 0.457 e. The summed E-state index contributed by atoms with van der Waals surface area (Å²) in [6.07, 6.45) is 0.471. The van der Waals surface area contributed by atoms with Gasteiger partial charge < -0.3 is 10.1 Å². The Morgan fingerprint density at radius 3 is 2.64 bits per heavy atom. The van der Waals surface area contributed by atoms with Crippen LogP contribution < -0.4 is 15.5 Å². The van der Waals surface area contributed by atoms with Gasteiger partial charge in [-0.3, -0.25) is 10.0 Å². The Morgan fingerprint density at radius 2 is 1.96 bits per heavy atom. The lowest BCUT2D eigenvalue weighted by Crippen LogP contribution is -2.46. The molecule has 0 unspecified atom stereocenters. The fourth-order valence-corrected chi connectivity index (χ4v) is 5.12. The third-order valence-electron chi connectivity index (χ3n) is 4.70. The van der Waals surface area contributed by atoms with Gasteiger partial charge in [0.2, 0.25) is 5.91 Å². The Labute approximate surface area is 168 Å². The maximum Gasteiger partial charge on any atom is 0.246 e. The summed E-state index contributed by atoms with van der Waals surface area (Å²) in [4.78, 5) is 12.0. The minimum atomic E-state index is -3.61. The van der Waals surface area contributed by atoms with Crippen molar-refractivity contribution in [3.8, 4) is 11.5 Å². The monoisotopic (exact) mass is 424 g/mol. The summed E-state index contributed by atoms with van der Waals surface area (Å²) < 4.78 is 31.3. The molecule has 2 aromatic carbocycles. The van der Waals surface area contributed by atoms with E-state index in [0.29, 0.717) is 36.0 Å². The highest BCUT2D eigenvalue weighted by molar-refractivity contribution is 7.91. The van der Waals surface area contributed by atoms with Gasteiger partial charge in [-0.05, 0) is 67.9 Å². The number of benzene rings is 2. The SMILES string of the molecule is O=C(NO)[C@H]1CCNC[C@H]1CS(=O)(=O)c1ccc(Oc2cccc(Cl)c2)cc1. The van der Waals surface area contributed by atoms with E-state index in [4.69, 9.17) is 21.5 Å². The molecule has 1 aliphatic heterocycles. The minimum Gasteiger partial charge on any atom is -0.457 e. The van der Waals surface area contributed by atoms with Crippen molar-refractivity contribution in [3.63, 3.8) is 0 Å². The quantitative estimate of drug-likeness (QED) is 0.486. The number of sulfone groups is 1. The van der Waals surface area contributed by atoms with Gasteiger partial charge in [-0.1, -0.05) is 17.7 Å². The molecule has 1 saturated heterocycles. The van der Waals surface area contributed by atoms with E-state index in [0.717, 1.165) is 0 Å². The third-order valence-corrected chi connectivity index (χ3v) is 6.80. The molecule has 2 aromatic rings. The van der Waals surface area contributed by atoms with Gasteiger partial charge in [-0.2, -0.15) is 0 Å². The predicted octanol–water partition coefficient (Wildman–Crippen LogP) is 2.64. The van der Waals surface area contributed by atoms with Gasteiger partial charge in [0.1, 0.15) is 11.5 Å². The number of hydrogen-bond acceptors (Lipinski definition) is 6. The number of carbonyl (C=O) groups excluding carboxylic acids is 1. The lowest BCUT2D eigenvalue weighted by molar-refractivity contribution is -0.135. The van der Waals surface area contributed by atoms with Crippen LogP contribution in [-0.2, 0) is 14.6 Å². The van der Waals surface area contributed by atoms with Crippen molar-refractivity contribution in [1.82, 2.24) is 10.8 Å². The van der Waals surface area contributed by atoms with E-state index in [2.05, 4.69) is 5.32 Å². The van der Waals surface area contributed by atoms with E-state index in [-0.39, 0.29) is 10.6 Å². The summed E-state index contributed by atoms with van der Waals surface area (Å²) in [7, 11) is -3.61. The molecule has 0 aliphatic carbocycles. The van der Waals surface area contributed by atoms with E-state index in [1.165, 1.54) is 12.1 Å². The molecule has 0 aromatic heterocycles. The van der Waals surface area contributed by atoms with Crippen LogP contribution in [0.25, 0.3) is 0 Å². The molecule has 0 radical (unpaired) electrons. The normalized spacial score (nSPS) is 19.8. The van der Waals surface area contributed by atoms with Gasteiger partial charge >= 0.3 is 0 Å². The van der Waals surface area contributed by atoms with Crippen molar-refractivity contribution >= 4 is 27.3 Å². The Morgan fingerprint density at radius 1 is 1.21 bits per heavy atom. The number of nitrogens with one attached hydrogen (secondary N) is 2. The number of amides is 1. The van der Waals surface area contributed by atoms with Crippen molar-refractivity contribution in [2.75, 3.05) is 18.8 Å². The second-order valence-corrected chi connectivity index (χ2v) is 9.12. The summed E-state index contributed by atoms with van der Waals surface area (Å²) in [6.45, 7) is 0.997. The Kier molecular flexibility index (Phi) is 6.56. The molecule has 7 nitrogen and oxygen atoms in total. The molecule has 3 rings (SSSR count). The molecule has 1 amide bonds. The number of piperidine rings is 1. The number of rotatable bonds is 6. The third kappa shape index (κ3) is 5.02. The number of hydroxylamine groups is 1. The van der Waals surface area contributed by atoms with Crippen LogP contribution in [0.1, 0.15) is 6.42 Å². The highest BCUT2D eigenvalue weighted by atomic mass is 35.5. The molecule has 150 valence electrons. The first-order chi connectivity index (χ1) is 13.4. The van der Waals surface area contributed by atoms with E-state index in [1.54, 1.807) is 41.9 Å². The first-order valence-corrected chi connectivity index (χ1v) is 10.8. The topological polar surface area (TPSA) is 105 Å². The smallest absolute Gasteiger partial charge is 0.246 e. The minimum absolute atomic E-state index is 0.152. The van der Waals surface area contributed by atoms with Crippen LogP contribution in [0.5, 0.6) is 11.5 Å². The van der Waals surface area contributed by atoms with Gasteiger partial charge in [-0.15, -0.1) is 0 Å². The second kappa shape index (κ2) is 8.91. The highest BCUT2D eigenvalue weighted by Crippen LogP contribution is 2.27. The van der Waals surface area contributed by atoms with Gasteiger partial charge in [0.15, 0.2) is 9.84 Å². The van der Waals surface area contributed by atoms with Crippen LogP contribution in [0.4, 0.5) is 0 Å². The molecule has 0 spiro atoms. The summed E-state index contributed by atoms with van der Waals surface area (Å²) in [6, 6.07) is 13.0. The number of carbonyl (C=O) groups is 1. The summed E-state index contributed by atoms with van der Waals surface area (Å²) in [5.41, 5.74) is 1.64. The first-order valence-electron chi connectivity index (χ1n) is 8.80. The molecule has 1 fully saturated rings. The van der Waals surface area contributed by atoms with Crippen molar-refractivity contribution < 1.29 is 23.2 Å². The Hall–Kier alpha value is -2.13. The number of hydrogen-bond donors (Lipinski definition) is 3. The molecule has 2 atom stereocenters. The Balaban J connectivity index is 1.72. The average Bonchev–Trinajstić information content (AvgIpc) is 2.68. The van der Waals surface area contributed by atoms with Crippen molar-refractivity contribution in [3.05, 3.63) is 53.6 Å². The summed E-state index contributed by atoms with van der Waals surface area (Å²) >= 11 is 5.92. The van der Waals surface area contributed by atoms with Gasteiger partial charge in [0, 0.05) is 10.9 Å². The Bertz CT molecular complexity index is 934.